The van der Waals surface area contributed by atoms with Gasteiger partial charge in [-0.15, -0.1) is 13.2 Å². The van der Waals surface area contributed by atoms with Crippen LogP contribution in [-0.2, 0) is 11.2 Å². The Bertz CT molecular complexity index is 681. The quantitative estimate of drug-likeness (QED) is 0.851. The summed E-state index contributed by atoms with van der Waals surface area (Å²) in [5.74, 6) is 0.0739. The Morgan fingerprint density at radius 1 is 1.36 bits per heavy atom. The first-order valence-electron chi connectivity index (χ1n) is 7.66. The van der Waals surface area contributed by atoms with E-state index in [0.29, 0.717) is 17.9 Å². The Morgan fingerprint density at radius 3 is 2.56 bits per heavy atom. The van der Waals surface area contributed by atoms with Crippen LogP contribution in [0, 0.1) is 0 Å². The third kappa shape index (κ3) is 5.74. The molecule has 0 aromatic heterocycles. The molecule has 0 radical (unpaired) electrons. The van der Waals surface area contributed by atoms with Gasteiger partial charge in [0.15, 0.2) is 0 Å². The fourth-order valence-electron chi connectivity index (χ4n) is 2.36. The lowest BCUT2D eigenvalue weighted by atomic mass is 10.0. The minimum Gasteiger partial charge on any atom is -0.406 e. The van der Waals surface area contributed by atoms with E-state index in [9.17, 15) is 18.0 Å². The number of ether oxygens (including phenoxy) is 1. The number of rotatable bonds is 5. The molecule has 0 saturated heterocycles. The normalized spacial score (nSPS) is 16.0. The summed E-state index contributed by atoms with van der Waals surface area (Å²) in [6.07, 6.45) is -0.892. The van der Waals surface area contributed by atoms with Crippen molar-refractivity contribution in [2.24, 2.45) is 5.73 Å². The number of hydrogen-bond acceptors (Lipinski definition) is 4. The maximum Gasteiger partial charge on any atom is 0.573 e. The summed E-state index contributed by atoms with van der Waals surface area (Å²) in [5.41, 5.74) is 7.36. The van der Waals surface area contributed by atoms with Gasteiger partial charge >= 0.3 is 6.36 Å². The molecule has 3 N–H and O–H groups in total. The first-order chi connectivity index (χ1) is 11.6. The lowest BCUT2D eigenvalue weighted by Crippen LogP contribution is -2.37. The fraction of sp³-hybridized carbons (Fsp3) is 0.353. The molecule has 0 aliphatic carbocycles. The van der Waals surface area contributed by atoms with Gasteiger partial charge in [-0.2, -0.15) is 0 Å². The fourth-order valence-corrected chi connectivity index (χ4v) is 2.36. The molecule has 0 bridgehead atoms. The highest BCUT2D eigenvalue weighted by molar-refractivity contribution is 5.79. The van der Waals surface area contributed by atoms with E-state index in [1.165, 1.54) is 24.3 Å². The molecular weight excluding hydrogens is 335 g/mol. The summed E-state index contributed by atoms with van der Waals surface area (Å²) in [5, 5.41) is 2.85. The van der Waals surface area contributed by atoms with Crippen LogP contribution in [0.2, 0.25) is 0 Å². The number of amides is 1. The van der Waals surface area contributed by atoms with Crippen LogP contribution in [0.4, 0.5) is 13.2 Å². The van der Waals surface area contributed by atoms with Crippen LogP contribution in [0.1, 0.15) is 12.5 Å². The molecule has 0 saturated carbocycles. The van der Waals surface area contributed by atoms with Crippen molar-refractivity contribution in [3.8, 4) is 5.75 Å². The van der Waals surface area contributed by atoms with E-state index in [4.69, 9.17) is 5.73 Å². The maximum absolute atomic E-state index is 12.1. The Balaban J connectivity index is 1.90. The van der Waals surface area contributed by atoms with Crippen molar-refractivity contribution in [1.29, 1.82) is 0 Å². The summed E-state index contributed by atoms with van der Waals surface area (Å²) in [7, 11) is 1.87. The van der Waals surface area contributed by atoms with Gasteiger partial charge in [0.05, 0.1) is 18.3 Å². The van der Waals surface area contributed by atoms with Crippen LogP contribution in [0.5, 0.6) is 5.75 Å². The van der Waals surface area contributed by atoms with Crippen molar-refractivity contribution in [3.63, 3.8) is 0 Å². The first-order valence-corrected chi connectivity index (χ1v) is 7.66. The highest BCUT2D eigenvalue weighted by atomic mass is 19.4. The molecule has 2 rings (SSSR count). The minimum atomic E-state index is -4.73. The molecule has 1 atom stereocenters. The number of hydrogen-bond donors (Lipinski definition) is 2. The predicted octanol–water partition coefficient (Wildman–Crippen LogP) is 2.30. The molecule has 0 fully saturated rings. The number of benzene rings is 1. The van der Waals surface area contributed by atoms with Gasteiger partial charge in [0.1, 0.15) is 5.75 Å². The molecule has 136 valence electrons. The maximum atomic E-state index is 12.1. The second kappa shape index (κ2) is 7.50. The molecule has 8 heteroatoms. The number of halogens is 3. The molecule has 1 unspecified atom stereocenters. The number of alkyl halides is 3. The van der Waals surface area contributed by atoms with Crippen molar-refractivity contribution >= 4 is 5.91 Å². The monoisotopic (exact) mass is 355 g/mol. The smallest absolute Gasteiger partial charge is 0.406 e. The van der Waals surface area contributed by atoms with Crippen molar-refractivity contribution < 1.29 is 22.7 Å². The van der Waals surface area contributed by atoms with Crippen LogP contribution in [0.15, 0.2) is 47.8 Å². The number of nitrogens with one attached hydrogen (secondary N) is 1. The summed E-state index contributed by atoms with van der Waals surface area (Å²) in [6.45, 7) is 2.51. The molecule has 1 amide bonds. The summed E-state index contributed by atoms with van der Waals surface area (Å²) < 4.78 is 40.1. The van der Waals surface area contributed by atoms with Gasteiger partial charge in [-0.25, -0.2) is 0 Å². The molecular formula is C17H20F3N3O2. The number of nitrogens with zero attached hydrogens (tertiary/aromatic N) is 1. The third-order valence-electron chi connectivity index (χ3n) is 3.76. The molecule has 0 spiro atoms. The van der Waals surface area contributed by atoms with Crippen molar-refractivity contribution in [2.75, 3.05) is 13.6 Å². The first kappa shape index (κ1) is 18.7. The number of carbonyl (C=O) groups is 1. The van der Waals surface area contributed by atoms with E-state index < -0.39 is 6.36 Å². The van der Waals surface area contributed by atoms with Crippen LogP contribution >= 0.6 is 0 Å². The SMILES string of the molecule is CC(NC(=O)Cc1ccc(OC(F)(F)F)cc1)C1=CCN(C)C(N)=C1. The third-order valence-corrected chi connectivity index (χ3v) is 3.76. The van der Waals surface area contributed by atoms with Gasteiger partial charge in [-0.05, 0) is 36.3 Å². The summed E-state index contributed by atoms with van der Waals surface area (Å²) in [4.78, 5) is 14.0. The summed E-state index contributed by atoms with van der Waals surface area (Å²) >= 11 is 0. The minimum absolute atomic E-state index is 0.0585. The molecule has 1 heterocycles. The van der Waals surface area contributed by atoms with Gasteiger partial charge in [0.25, 0.3) is 0 Å². The van der Waals surface area contributed by atoms with Gasteiger partial charge in [-0.3, -0.25) is 4.79 Å². The average Bonchev–Trinajstić information content (AvgIpc) is 2.50. The van der Waals surface area contributed by atoms with Crippen LogP contribution in [0.3, 0.4) is 0 Å². The zero-order valence-corrected chi connectivity index (χ0v) is 13.9. The van der Waals surface area contributed by atoms with Crippen LogP contribution < -0.4 is 15.8 Å². The largest absolute Gasteiger partial charge is 0.573 e. The highest BCUT2D eigenvalue weighted by Gasteiger charge is 2.31. The molecule has 1 aromatic carbocycles. The van der Waals surface area contributed by atoms with Gasteiger partial charge in [-0.1, -0.05) is 18.2 Å². The van der Waals surface area contributed by atoms with E-state index in [2.05, 4.69) is 10.1 Å². The number of likely N-dealkylation sites (N-methyl/N-ethyl adjacent to an activating group) is 1. The Kier molecular flexibility index (Phi) is 5.61. The second-order valence-corrected chi connectivity index (χ2v) is 5.81. The Morgan fingerprint density at radius 2 is 2.00 bits per heavy atom. The lowest BCUT2D eigenvalue weighted by Gasteiger charge is -2.25. The highest BCUT2D eigenvalue weighted by Crippen LogP contribution is 2.22. The molecule has 25 heavy (non-hydrogen) atoms. The molecule has 1 aromatic rings. The van der Waals surface area contributed by atoms with E-state index in [-0.39, 0.29) is 24.1 Å². The van der Waals surface area contributed by atoms with Crippen molar-refractivity contribution in [1.82, 2.24) is 10.2 Å². The summed E-state index contributed by atoms with van der Waals surface area (Å²) in [6, 6.07) is 5.01. The van der Waals surface area contributed by atoms with Crippen LogP contribution in [-0.4, -0.2) is 36.8 Å². The van der Waals surface area contributed by atoms with E-state index in [1.807, 2.05) is 24.9 Å². The lowest BCUT2D eigenvalue weighted by molar-refractivity contribution is -0.274. The van der Waals surface area contributed by atoms with Gasteiger partial charge in [0, 0.05) is 13.6 Å². The average molecular weight is 355 g/mol. The topological polar surface area (TPSA) is 67.6 Å². The standard InChI is InChI=1S/C17H20F3N3O2/c1-11(13-7-8-23(2)15(21)10-13)22-16(24)9-12-3-5-14(6-4-12)25-17(18,19)20/h3-7,10-11H,8-9,21H2,1-2H3,(H,22,24). The molecule has 1 aliphatic rings. The van der Waals surface area contributed by atoms with E-state index >= 15 is 0 Å². The van der Waals surface area contributed by atoms with Gasteiger partial charge in [0.2, 0.25) is 5.91 Å². The molecule has 1 aliphatic heterocycles. The zero-order valence-electron chi connectivity index (χ0n) is 13.9. The number of carbonyl (C=O) groups excluding carboxylic acids is 1. The van der Waals surface area contributed by atoms with E-state index in [0.717, 1.165) is 5.57 Å². The van der Waals surface area contributed by atoms with Gasteiger partial charge < -0.3 is 20.7 Å². The Labute approximate surface area is 143 Å². The van der Waals surface area contributed by atoms with E-state index in [1.54, 1.807) is 6.08 Å². The number of nitrogens with two attached hydrogens (primary N) is 1. The molecule has 5 nitrogen and oxygen atoms in total. The van der Waals surface area contributed by atoms with Crippen molar-refractivity contribution in [2.45, 2.75) is 25.7 Å². The van der Waals surface area contributed by atoms with Crippen LogP contribution in [0.25, 0.3) is 0 Å². The second-order valence-electron chi connectivity index (χ2n) is 5.81. The van der Waals surface area contributed by atoms with Crippen molar-refractivity contribution in [3.05, 3.63) is 53.4 Å². The Hall–Kier alpha value is -2.64. The predicted molar refractivity (Wildman–Crippen MR) is 87.4 cm³/mol. The zero-order chi connectivity index (χ0) is 18.6.